The maximum atomic E-state index is 5.55. The molecule has 0 aliphatic carbocycles. The highest BCUT2D eigenvalue weighted by Crippen LogP contribution is 2.26. The molecule has 0 spiro atoms. The van der Waals surface area contributed by atoms with Crippen molar-refractivity contribution >= 4 is 15.9 Å². The van der Waals surface area contributed by atoms with Crippen molar-refractivity contribution in [3.63, 3.8) is 0 Å². The van der Waals surface area contributed by atoms with Gasteiger partial charge in [-0.15, -0.1) is 0 Å². The first kappa shape index (κ1) is 12.3. The third kappa shape index (κ3) is 3.15. The summed E-state index contributed by atoms with van der Waals surface area (Å²) in [5, 5.41) is 0. The molecule has 2 heterocycles. The first-order valence-corrected chi connectivity index (χ1v) is 6.19. The van der Waals surface area contributed by atoms with E-state index in [1.165, 1.54) is 0 Å². The van der Waals surface area contributed by atoms with Crippen molar-refractivity contribution in [2.45, 2.75) is 18.9 Å². The zero-order valence-electron chi connectivity index (χ0n) is 9.27. The van der Waals surface area contributed by atoms with Crippen molar-refractivity contribution in [2.75, 3.05) is 0 Å². The third-order valence-corrected chi connectivity index (χ3v) is 3.23. The highest BCUT2D eigenvalue weighted by molar-refractivity contribution is 9.10. The van der Waals surface area contributed by atoms with Crippen molar-refractivity contribution in [2.24, 2.45) is 5.84 Å². The summed E-state index contributed by atoms with van der Waals surface area (Å²) in [6.45, 7) is 0. The van der Waals surface area contributed by atoms with E-state index in [-0.39, 0.29) is 6.04 Å². The fourth-order valence-corrected chi connectivity index (χ4v) is 2.16. The quantitative estimate of drug-likeness (QED) is 0.657. The average Bonchev–Trinajstić information content (AvgIpc) is 2.78. The van der Waals surface area contributed by atoms with E-state index in [1.54, 1.807) is 12.5 Å². The van der Waals surface area contributed by atoms with Gasteiger partial charge in [0, 0.05) is 11.9 Å². The van der Waals surface area contributed by atoms with E-state index in [0.29, 0.717) is 0 Å². The Morgan fingerprint density at radius 3 is 2.88 bits per heavy atom. The molecule has 1 unspecified atom stereocenters. The molecule has 0 radical (unpaired) electrons. The van der Waals surface area contributed by atoms with E-state index in [9.17, 15) is 0 Å². The van der Waals surface area contributed by atoms with Crippen LogP contribution < -0.4 is 11.3 Å². The van der Waals surface area contributed by atoms with E-state index in [0.717, 1.165) is 28.8 Å². The first-order valence-electron chi connectivity index (χ1n) is 5.40. The van der Waals surface area contributed by atoms with Gasteiger partial charge >= 0.3 is 0 Å². The SMILES string of the molecule is NNC(CCc1ccccn1)c1occc1Br. The van der Waals surface area contributed by atoms with Crippen molar-refractivity contribution in [3.05, 3.63) is 52.7 Å². The van der Waals surface area contributed by atoms with Crippen LogP contribution in [0, 0.1) is 0 Å². The third-order valence-electron chi connectivity index (χ3n) is 2.58. The molecular formula is C12H14BrN3O. The molecule has 2 rings (SSSR count). The van der Waals surface area contributed by atoms with E-state index in [1.807, 2.05) is 24.3 Å². The van der Waals surface area contributed by atoms with Gasteiger partial charge in [0.15, 0.2) is 0 Å². The summed E-state index contributed by atoms with van der Waals surface area (Å²) in [6.07, 6.45) is 5.12. The summed E-state index contributed by atoms with van der Waals surface area (Å²) in [5.74, 6) is 6.37. The van der Waals surface area contributed by atoms with Gasteiger partial charge in [-0.1, -0.05) is 6.07 Å². The normalized spacial score (nSPS) is 12.6. The van der Waals surface area contributed by atoms with Gasteiger partial charge in [0.2, 0.25) is 0 Å². The molecule has 0 saturated carbocycles. The molecule has 0 aliphatic rings. The van der Waals surface area contributed by atoms with Crippen LogP contribution in [0.3, 0.4) is 0 Å². The highest BCUT2D eigenvalue weighted by Gasteiger charge is 2.16. The van der Waals surface area contributed by atoms with Crippen LogP contribution in [0.25, 0.3) is 0 Å². The average molecular weight is 296 g/mol. The van der Waals surface area contributed by atoms with Gasteiger partial charge < -0.3 is 4.42 Å². The smallest absolute Gasteiger partial charge is 0.136 e. The Morgan fingerprint density at radius 1 is 1.41 bits per heavy atom. The van der Waals surface area contributed by atoms with Crippen LogP contribution in [0.15, 0.2) is 45.6 Å². The predicted octanol–water partition coefficient (Wildman–Crippen LogP) is 2.57. The number of nitrogens with zero attached hydrogens (tertiary/aromatic N) is 1. The fourth-order valence-electron chi connectivity index (χ4n) is 1.68. The van der Waals surface area contributed by atoms with Gasteiger partial charge in [-0.05, 0) is 47.0 Å². The van der Waals surface area contributed by atoms with E-state index in [2.05, 4.69) is 26.3 Å². The Kier molecular flexibility index (Phi) is 4.30. The van der Waals surface area contributed by atoms with E-state index in [4.69, 9.17) is 10.3 Å². The number of pyridine rings is 1. The maximum absolute atomic E-state index is 5.55. The van der Waals surface area contributed by atoms with Crippen LogP contribution >= 0.6 is 15.9 Å². The summed E-state index contributed by atoms with van der Waals surface area (Å²) >= 11 is 3.43. The minimum atomic E-state index is -0.0126. The Morgan fingerprint density at radius 2 is 2.29 bits per heavy atom. The van der Waals surface area contributed by atoms with Gasteiger partial charge in [-0.2, -0.15) is 0 Å². The summed E-state index contributed by atoms with van der Waals surface area (Å²) in [5.41, 5.74) is 3.82. The molecule has 0 aliphatic heterocycles. The lowest BCUT2D eigenvalue weighted by Crippen LogP contribution is -2.28. The molecule has 1 atom stereocenters. The number of aromatic nitrogens is 1. The summed E-state index contributed by atoms with van der Waals surface area (Å²) in [4.78, 5) is 4.28. The maximum Gasteiger partial charge on any atom is 0.136 e. The lowest BCUT2D eigenvalue weighted by molar-refractivity contribution is 0.398. The molecule has 5 heteroatoms. The highest BCUT2D eigenvalue weighted by atomic mass is 79.9. The number of hydrogen-bond acceptors (Lipinski definition) is 4. The minimum Gasteiger partial charge on any atom is -0.466 e. The van der Waals surface area contributed by atoms with Crippen molar-refractivity contribution in [1.82, 2.24) is 10.4 Å². The number of hydrazine groups is 1. The largest absolute Gasteiger partial charge is 0.466 e. The monoisotopic (exact) mass is 295 g/mol. The lowest BCUT2D eigenvalue weighted by atomic mass is 10.1. The van der Waals surface area contributed by atoms with Gasteiger partial charge in [-0.25, -0.2) is 5.43 Å². The molecule has 0 fully saturated rings. The molecule has 2 aromatic heterocycles. The summed E-state index contributed by atoms with van der Waals surface area (Å²) < 4.78 is 6.33. The number of halogens is 1. The predicted molar refractivity (Wildman–Crippen MR) is 69.0 cm³/mol. The van der Waals surface area contributed by atoms with Gasteiger partial charge in [-0.3, -0.25) is 10.8 Å². The zero-order valence-corrected chi connectivity index (χ0v) is 10.9. The van der Waals surface area contributed by atoms with Crippen LogP contribution in [0.2, 0.25) is 0 Å². The zero-order chi connectivity index (χ0) is 12.1. The molecule has 17 heavy (non-hydrogen) atoms. The number of furan rings is 1. The number of rotatable bonds is 5. The second-order valence-electron chi connectivity index (χ2n) is 3.71. The Bertz CT molecular complexity index is 458. The van der Waals surface area contributed by atoms with Crippen LogP contribution in [0.4, 0.5) is 0 Å². The van der Waals surface area contributed by atoms with Crippen molar-refractivity contribution in [3.8, 4) is 0 Å². The summed E-state index contributed by atoms with van der Waals surface area (Å²) in [6, 6.07) is 7.74. The Hall–Kier alpha value is -1.17. The van der Waals surface area contributed by atoms with Crippen LogP contribution in [0.5, 0.6) is 0 Å². The van der Waals surface area contributed by atoms with Gasteiger partial charge in [0.1, 0.15) is 5.76 Å². The first-order chi connectivity index (χ1) is 8.31. The molecule has 0 aromatic carbocycles. The minimum absolute atomic E-state index is 0.0126. The fraction of sp³-hybridized carbons (Fsp3) is 0.250. The number of aryl methyl sites for hydroxylation is 1. The molecular weight excluding hydrogens is 282 g/mol. The molecule has 0 amide bonds. The molecule has 2 aromatic rings. The van der Waals surface area contributed by atoms with Crippen molar-refractivity contribution in [1.29, 1.82) is 0 Å². The molecule has 3 N–H and O–H groups in total. The van der Waals surface area contributed by atoms with E-state index < -0.39 is 0 Å². The van der Waals surface area contributed by atoms with Gasteiger partial charge in [0.25, 0.3) is 0 Å². The second kappa shape index (κ2) is 5.95. The number of hydrogen-bond donors (Lipinski definition) is 2. The van der Waals surface area contributed by atoms with E-state index >= 15 is 0 Å². The van der Waals surface area contributed by atoms with Gasteiger partial charge in [0.05, 0.1) is 16.8 Å². The van der Waals surface area contributed by atoms with Crippen molar-refractivity contribution < 1.29 is 4.42 Å². The Labute approximate surface area is 108 Å². The molecule has 4 nitrogen and oxygen atoms in total. The van der Waals surface area contributed by atoms with Crippen LogP contribution in [0.1, 0.15) is 23.9 Å². The second-order valence-corrected chi connectivity index (χ2v) is 4.57. The molecule has 0 bridgehead atoms. The number of nitrogens with two attached hydrogens (primary N) is 1. The van der Waals surface area contributed by atoms with Crippen LogP contribution in [-0.2, 0) is 6.42 Å². The lowest BCUT2D eigenvalue weighted by Gasteiger charge is -2.13. The topological polar surface area (TPSA) is 64.1 Å². The molecule has 0 saturated heterocycles. The summed E-state index contributed by atoms with van der Waals surface area (Å²) in [7, 11) is 0. The Balaban J connectivity index is 2.00. The standard InChI is InChI=1S/C12H14BrN3O/c13-10-6-8-17-12(10)11(16-14)5-4-9-3-1-2-7-15-9/h1-3,6-8,11,16H,4-5,14H2. The van der Waals surface area contributed by atoms with Crippen LogP contribution in [-0.4, -0.2) is 4.98 Å². The number of nitrogens with one attached hydrogen (secondary N) is 1. The molecule has 90 valence electrons.